The highest BCUT2D eigenvalue weighted by Gasteiger charge is 2.33. The number of piperidine rings is 1. The third-order valence-corrected chi connectivity index (χ3v) is 4.38. The van der Waals surface area contributed by atoms with Crippen molar-refractivity contribution < 1.29 is 19.2 Å². The van der Waals surface area contributed by atoms with Crippen molar-refractivity contribution in [3.8, 4) is 0 Å². The fourth-order valence-electron chi connectivity index (χ4n) is 2.92. The molecule has 1 saturated heterocycles. The van der Waals surface area contributed by atoms with Gasteiger partial charge in [-0.1, -0.05) is 12.1 Å². The van der Waals surface area contributed by atoms with Crippen LogP contribution in [0.2, 0.25) is 0 Å². The van der Waals surface area contributed by atoms with Crippen LogP contribution in [0.5, 0.6) is 0 Å². The molecule has 140 valence electrons. The van der Waals surface area contributed by atoms with Crippen LogP contribution in [0.15, 0.2) is 18.2 Å². The highest BCUT2D eigenvalue weighted by molar-refractivity contribution is 6.08. The molecule has 8 nitrogen and oxygen atoms in total. The van der Waals surface area contributed by atoms with Crippen LogP contribution in [0.4, 0.5) is 5.69 Å². The number of nitrogens with zero attached hydrogens (tertiary/aromatic N) is 1. The maximum atomic E-state index is 13.0. The number of imide groups is 1. The molecular formula is C18H24N4O4. The van der Waals surface area contributed by atoms with Crippen molar-refractivity contribution in [1.82, 2.24) is 10.2 Å². The number of nitrogens with two attached hydrogens (primary N) is 1. The average molecular weight is 360 g/mol. The smallest absolute Gasteiger partial charge is 0.257 e. The van der Waals surface area contributed by atoms with Gasteiger partial charge in [0.2, 0.25) is 11.8 Å². The van der Waals surface area contributed by atoms with E-state index in [1.807, 2.05) is 0 Å². The van der Waals surface area contributed by atoms with Gasteiger partial charge in [0.15, 0.2) is 6.29 Å². The van der Waals surface area contributed by atoms with E-state index in [1.54, 1.807) is 18.2 Å². The standard InChI is InChI=1S/C18H24N4O4/c1-22(14-7-8-15(24)21-17(14)25)18(26)16-12(11-23)5-4-6-13(16)20-10-3-2-9-19/h4-6,11,14,20H,2-3,7-10,19H2,1H3,(H,21,24,25). The molecule has 0 spiro atoms. The molecular weight excluding hydrogens is 336 g/mol. The molecule has 1 aromatic rings. The fraction of sp³-hybridized carbons (Fsp3) is 0.444. The molecule has 0 radical (unpaired) electrons. The van der Waals surface area contributed by atoms with Gasteiger partial charge in [0.05, 0.1) is 5.56 Å². The predicted octanol–water partition coefficient (Wildman–Crippen LogP) is 0.527. The second-order valence-corrected chi connectivity index (χ2v) is 6.19. The number of benzene rings is 1. The zero-order valence-corrected chi connectivity index (χ0v) is 14.8. The summed E-state index contributed by atoms with van der Waals surface area (Å²) >= 11 is 0. The van der Waals surface area contributed by atoms with Crippen molar-refractivity contribution in [3.63, 3.8) is 0 Å². The molecule has 8 heteroatoms. The van der Waals surface area contributed by atoms with E-state index in [0.29, 0.717) is 25.1 Å². The number of unbranched alkanes of at least 4 members (excludes halogenated alkanes) is 1. The Balaban J connectivity index is 2.24. The van der Waals surface area contributed by atoms with Crippen molar-refractivity contribution in [2.75, 3.05) is 25.5 Å². The first kappa shape index (κ1) is 19.6. The maximum absolute atomic E-state index is 13.0. The van der Waals surface area contributed by atoms with E-state index < -0.39 is 17.9 Å². The molecule has 0 bridgehead atoms. The zero-order valence-electron chi connectivity index (χ0n) is 14.8. The maximum Gasteiger partial charge on any atom is 0.257 e. The Kier molecular flexibility index (Phi) is 6.85. The van der Waals surface area contributed by atoms with Crippen LogP contribution >= 0.6 is 0 Å². The minimum atomic E-state index is -0.745. The third-order valence-electron chi connectivity index (χ3n) is 4.38. The molecule has 1 fully saturated rings. The first-order valence-corrected chi connectivity index (χ1v) is 8.62. The topological polar surface area (TPSA) is 122 Å². The Morgan fingerprint density at radius 2 is 2.15 bits per heavy atom. The summed E-state index contributed by atoms with van der Waals surface area (Å²) in [7, 11) is 1.50. The Hall–Kier alpha value is -2.74. The molecule has 0 aliphatic carbocycles. The van der Waals surface area contributed by atoms with Gasteiger partial charge >= 0.3 is 0 Å². The molecule has 26 heavy (non-hydrogen) atoms. The first-order valence-electron chi connectivity index (χ1n) is 8.62. The van der Waals surface area contributed by atoms with Crippen molar-refractivity contribution in [1.29, 1.82) is 0 Å². The Labute approximate surface area is 152 Å². The number of anilines is 1. The number of hydrogen-bond donors (Lipinski definition) is 3. The summed E-state index contributed by atoms with van der Waals surface area (Å²) in [6.45, 7) is 1.20. The molecule has 1 aliphatic heterocycles. The summed E-state index contributed by atoms with van der Waals surface area (Å²) in [5.41, 5.74) is 6.49. The lowest BCUT2D eigenvalue weighted by molar-refractivity contribution is -0.136. The summed E-state index contributed by atoms with van der Waals surface area (Å²) in [6.07, 6.45) is 2.73. The highest BCUT2D eigenvalue weighted by atomic mass is 16.2. The lowest BCUT2D eigenvalue weighted by Gasteiger charge is -2.30. The molecule has 1 aliphatic rings. The first-order chi connectivity index (χ1) is 12.5. The van der Waals surface area contributed by atoms with Crippen molar-refractivity contribution in [2.45, 2.75) is 31.7 Å². The Morgan fingerprint density at radius 1 is 1.38 bits per heavy atom. The van der Waals surface area contributed by atoms with Crippen molar-refractivity contribution >= 4 is 29.7 Å². The van der Waals surface area contributed by atoms with Crippen LogP contribution in [0.3, 0.4) is 0 Å². The number of aldehydes is 1. The SMILES string of the molecule is CN(C(=O)c1c(C=O)cccc1NCCCCN)C1CCC(=O)NC1=O. The lowest BCUT2D eigenvalue weighted by atomic mass is 10.0. The van der Waals surface area contributed by atoms with E-state index in [0.717, 1.165) is 12.8 Å². The molecule has 0 saturated carbocycles. The van der Waals surface area contributed by atoms with Gasteiger partial charge in [-0.25, -0.2) is 0 Å². The van der Waals surface area contributed by atoms with E-state index in [1.165, 1.54) is 11.9 Å². The molecule has 1 aromatic carbocycles. The van der Waals surface area contributed by atoms with Crippen LogP contribution in [0.1, 0.15) is 46.4 Å². The summed E-state index contributed by atoms with van der Waals surface area (Å²) < 4.78 is 0. The summed E-state index contributed by atoms with van der Waals surface area (Å²) in [5.74, 6) is -1.29. The van der Waals surface area contributed by atoms with Crippen LogP contribution in [-0.4, -0.2) is 55.1 Å². The van der Waals surface area contributed by atoms with Gasteiger partial charge in [-0.2, -0.15) is 0 Å². The van der Waals surface area contributed by atoms with Gasteiger partial charge in [-0.15, -0.1) is 0 Å². The quantitative estimate of drug-likeness (QED) is 0.353. The number of nitrogens with one attached hydrogen (secondary N) is 2. The highest BCUT2D eigenvalue weighted by Crippen LogP contribution is 2.23. The second-order valence-electron chi connectivity index (χ2n) is 6.19. The molecule has 3 amide bonds. The van der Waals surface area contributed by atoms with E-state index in [9.17, 15) is 19.2 Å². The number of hydrogen-bond acceptors (Lipinski definition) is 6. The van der Waals surface area contributed by atoms with Crippen molar-refractivity contribution in [3.05, 3.63) is 29.3 Å². The molecule has 2 rings (SSSR count). The Morgan fingerprint density at radius 3 is 2.81 bits per heavy atom. The largest absolute Gasteiger partial charge is 0.384 e. The second kappa shape index (κ2) is 9.10. The van der Waals surface area contributed by atoms with Crippen LogP contribution < -0.4 is 16.4 Å². The number of carbonyl (C=O) groups excluding carboxylic acids is 4. The number of likely N-dealkylation sites (N-methyl/N-ethyl adjacent to an activating group) is 1. The molecule has 1 heterocycles. The van der Waals surface area contributed by atoms with E-state index >= 15 is 0 Å². The molecule has 0 aromatic heterocycles. The van der Waals surface area contributed by atoms with E-state index in [-0.39, 0.29) is 29.9 Å². The zero-order chi connectivity index (χ0) is 19.1. The predicted molar refractivity (Wildman–Crippen MR) is 96.9 cm³/mol. The van der Waals surface area contributed by atoms with Crippen LogP contribution in [-0.2, 0) is 9.59 Å². The molecule has 4 N–H and O–H groups in total. The molecule has 1 unspecified atom stereocenters. The minimum Gasteiger partial charge on any atom is -0.384 e. The van der Waals surface area contributed by atoms with Gasteiger partial charge < -0.3 is 16.0 Å². The van der Waals surface area contributed by atoms with Gasteiger partial charge in [-0.3, -0.25) is 24.5 Å². The lowest BCUT2D eigenvalue weighted by Crippen LogP contribution is -2.53. The van der Waals surface area contributed by atoms with Gasteiger partial charge in [-0.05, 0) is 31.9 Å². The van der Waals surface area contributed by atoms with Gasteiger partial charge in [0.1, 0.15) is 6.04 Å². The summed E-state index contributed by atoms with van der Waals surface area (Å²) in [5, 5.41) is 5.40. The Bertz CT molecular complexity index is 704. The fourth-order valence-corrected chi connectivity index (χ4v) is 2.92. The van der Waals surface area contributed by atoms with Crippen LogP contribution in [0, 0.1) is 0 Å². The normalized spacial score (nSPS) is 16.8. The summed E-state index contributed by atoms with van der Waals surface area (Å²) in [6, 6.07) is 4.23. The van der Waals surface area contributed by atoms with Gasteiger partial charge in [0.25, 0.3) is 5.91 Å². The number of carbonyl (C=O) groups is 4. The van der Waals surface area contributed by atoms with E-state index in [2.05, 4.69) is 10.6 Å². The number of amides is 3. The molecule has 1 atom stereocenters. The third kappa shape index (κ3) is 4.45. The van der Waals surface area contributed by atoms with Crippen LogP contribution in [0.25, 0.3) is 0 Å². The average Bonchev–Trinajstić information content (AvgIpc) is 2.64. The number of rotatable bonds is 8. The van der Waals surface area contributed by atoms with Gasteiger partial charge in [0, 0.05) is 31.3 Å². The van der Waals surface area contributed by atoms with E-state index in [4.69, 9.17) is 5.73 Å². The monoisotopic (exact) mass is 360 g/mol. The minimum absolute atomic E-state index is 0.174. The summed E-state index contributed by atoms with van der Waals surface area (Å²) in [4.78, 5) is 49.1. The van der Waals surface area contributed by atoms with Crippen molar-refractivity contribution in [2.24, 2.45) is 5.73 Å².